The third kappa shape index (κ3) is 4.60. The van der Waals surface area contributed by atoms with Crippen molar-refractivity contribution in [1.82, 2.24) is 15.1 Å². The molecular weight excluding hydrogens is 370 g/mol. The maximum atomic E-state index is 12.3. The summed E-state index contributed by atoms with van der Waals surface area (Å²) in [4.78, 5) is 12.1. The molecule has 1 N–H and O–H groups in total. The fraction of sp³-hybridized carbons (Fsp3) is 0.267. The van der Waals surface area contributed by atoms with Crippen LogP contribution in [-0.2, 0) is 6.54 Å². The first-order valence-corrected chi connectivity index (χ1v) is 7.57. The maximum absolute atomic E-state index is 12.3. The van der Waals surface area contributed by atoms with E-state index in [9.17, 15) is 13.6 Å². The second-order valence-electron chi connectivity index (χ2n) is 4.67. The smallest absolute Gasteiger partial charge is 0.255 e. The van der Waals surface area contributed by atoms with Crippen molar-refractivity contribution in [1.29, 1.82) is 5.26 Å². The van der Waals surface area contributed by atoms with Gasteiger partial charge in [0.2, 0.25) is 0 Å². The second-order valence-corrected chi connectivity index (χ2v) is 5.59. The molecule has 0 bridgehead atoms. The molecule has 1 heterocycles. The minimum Gasteiger partial charge on any atom is -0.346 e. The van der Waals surface area contributed by atoms with Crippen LogP contribution in [0.2, 0.25) is 0 Å². The highest BCUT2D eigenvalue weighted by Crippen LogP contribution is 2.25. The number of hydrogen-bond acceptors (Lipinski definition) is 3. The first-order chi connectivity index (χ1) is 11.0. The first kappa shape index (κ1) is 17.1. The molecule has 120 valence electrons. The zero-order valence-corrected chi connectivity index (χ0v) is 13.6. The van der Waals surface area contributed by atoms with Gasteiger partial charge in [0.1, 0.15) is 5.69 Å². The average Bonchev–Trinajstić information content (AvgIpc) is 2.95. The zero-order chi connectivity index (χ0) is 16.8. The summed E-state index contributed by atoms with van der Waals surface area (Å²) in [6.45, 7) is -0.403. The SMILES string of the molecule is N#CCCn1cc(C(=O)NCC(F)F)c(-c2cccc(Br)c2)n1. The molecule has 0 fully saturated rings. The summed E-state index contributed by atoms with van der Waals surface area (Å²) < 4.78 is 26.8. The van der Waals surface area contributed by atoms with Gasteiger partial charge < -0.3 is 5.32 Å². The summed E-state index contributed by atoms with van der Waals surface area (Å²) in [6, 6.07) is 9.16. The summed E-state index contributed by atoms with van der Waals surface area (Å²) in [5.41, 5.74) is 1.26. The van der Waals surface area contributed by atoms with E-state index in [4.69, 9.17) is 5.26 Å². The monoisotopic (exact) mass is 382 g/mol. The molecule has 0 aliphatic carbocycles. The molecule has 0 saturated heterocycles. The van der Waals surface area contributed by atoms with Crippen molar-refractivity contribution in [3.05, 3.63) is 40.5 Å². The molecule has 23 heavy (non-hydrogen) atoms. The number of nitrogens with zero attached hydrogens (tertiary/aromatic N) is 3. The lowest BCUT2D eigenvalue weighted by Crippen LogP contribution is -2.28. The maximum Gasteiger partial charge on any atom is 0.255 e. The van der Waals surface area contributed by atoms with Crippen molar-refractivity contribution in [2.45, 2.75) is 19.4 Å². The van der Waals surface area contributed by atoms with Crippen LogP contribution < -0.4 is 5.32 Å². The van der Waals surface area contributed by atoms with Crippen LogP contribution >= 0.6 is 15.9 Å². The number of amides is 1. The third-order valence-corrected chi connectivity index (χ3v) is 3.47. The molecule has 0 aliphatic heterocycles. The van der Waals surface area contributed by atoms with Gasteiger partial charge in [-0.3, -0.25) is 9.48 Å². The molecule has 0 radical (unpaired) electrons. The number of nitrogens with one attached hydrogen (secondary N) is 1. The summed E-state index contributed by atoms with van der Waals surface area (Å²) in [7, 11) is 0. The minimum atomic E-state index is -2.62. The van der Waals surface area contributed by atoms with Crippen molar-refractivity contribution in [3.8, 4) is 17.3 Å². The Hall–Kier alpha value is -2.27. The van der Waals surface area contributed by atoms with Gasteiger partial charge in [0.25, 0.3) is 12.3 Å². The Morgan fingerprint density at radius 2 is 2.26 bits per heavy atom. The number of benzene rings is 1. The number of carbonyl (C=O) groups excluding carboxylic acids is 1. The molecule has 0 unspecified atom stereocenters. The van der Waals surface area contributed by atoms with Crippen LogP contribution in [0.1, 0.15) is 16.8 Å². The van der Waals surface area contributed by atoms with Crippen molar-refractivity contribution < 1.29 is 13.6 Å². The predicted molar refractivity (Wildman–Crippen MR) is 83.9 cm³/mol. The van der Waals surface area contributed by atoms with E-state index in [0.717, 1.165) is 4.47 Å². The summed E-state index contributed by atoms with van der Waals surface area (Å²) in [6.07, 6.45) is -0.923. The van der Waals surface area contributed by atoms with Crippen molar-refractivity contribution in [2.24, 2.45) is 0 Å². The van der Waals surface area contributed by atoms with Gasteiger partial charge in [0.05, 0.1) is 31.1 Å². The quantitative estimate of drug-likeness (QED) is 0.833. The Morgan fingerprint density at radius 3 is 2.91 bits per heavy atom. The van der Waals surface area contributed by atoms with Crippen LogP contribution in [-0.4, -0.2) is 28.7 Å². The van der Waals surface area contributed by atoms with Gasteiger partial charge in [-0.25, -0.2) is 8.78 Å². The van der Waals surface area contributed by atoms with E-state index in [-0.39, 0.29) is 12.0 Å². The fourth-order valence-corrected chi connectivity index (χ4v) is 2.38. The van der Waals surface area contributed by atoms with Crippen molar-refractivity contribution in [2.75, 3.05) is 6.54 Å². The number of carbonyl (C=O) groups is 1. The lowest BCUT2D eigenvalue weighted by atomic mass is 10.1. The number of rotatable bonds is 6. The molecule has 2 aromatic rings. The number of aryl methyl sites for hydroxylation is 1. The molecule has 2 rings (SSSR count). The van der Waals surface area contributed by atoms with E-state index in [1.165, 1.54) is 10.9 Å². The normalized spacial score (nSPS) is 10.6. The first-order valence-electron chi connectivity index (χ1n) is 6.78. The van der Waals surface area contributed by atoms with Crippen molar-refractivity contribution in [3.63, 3.8) is 0 Å². The minimum absolute atomic E-state index is 0.196. The Balaban J connectivity index is 2.36. The summed E-state index contributed by atoms with van der Waals surface area (Å²) in [5, 5.41) is 15.1. The second kappa shape index (κ2) is 7.83. The lowest BCUT2D eigenvalue weighted by molar-refractivity contribution is 0.0892. The zero-order valence-electron chi connectivity index (χ0n) is 12.0. The number of hydrogen-bond donors (Lipinski definition) is 1. The highest BCUT2D eigenvalue weighted by Gasteiger charge is 2.19. The highest BCUT2D eigenvalue weighted by atomic mass is 79.9. The molecule has 0 saturated carbocycles. The van der Waals surface area contributed by atoms with Gasteiger partial charge in [-0.15, -0.1) is 0 Å². The Kier molecular flexibility index (Phi) is 5.82. The fourth-order valence-electron chi connectivity index (χ4n) is 1.98. The molecule has 8 heteroatoms. The van der Waals surface area contributed by atoms with Gasteiger partial charge in [-0.05, 0) is 12.1 Å². The van der Waals surface area contributed by atoms with Crippen LogP contribution in [0.15, 0.2) is 34.9 Å². The number of nitriles is 1. The van der Waals surface area contributed by atoms with Crippen LogP contribution in [0, 0.1) is 11.3 Å². The topological polar surface area (TPSA) is 70.7 Å². The van der Waals surface area contributed by atoms with Crippen LogP contribution in [0.4, 0.5) is 8.78 Å². The van der Waals surface area contributed by atoms with E-state index >= 15 is 0 Å². The molecule has 1 aromatic heterocycles. The van der Waals surface area contributed by atoms with Gasteiger partial charge >= 0.3 is 0 Å². The van der Waals surface area contributed by atoms with E-state index < -0.39 is 18.9 Å². The molecule has 1 amide bonds. The van der Waals surface area contributed by atoms with E-state index in [1.807, 2.05) is 12.1 Å². The Morgan fingerprint density at radius 1 is 1.48 bits per heavy atom. The summed E-state index contributed by atoms with van der Waals surface area (Å²) >= 11 is 3.34. The number of halogens is 3. The largest absolute Gasteiger partial charge is 0.346 e. The Bertz CT molecular complexity index is 739. The van der Waals surface area contributed by atoms with Gasteiger partial charge in [0, 0.05) is 16.2 Å². The predicted octanol–water partition coefficient (Wildman–Crippen LogP) is 3.22. The molecule has 0 spiro atoms. The van der Waals surface area contributed by atoms with Crippen LogP contribution in [0.3, 0.4) is 0 Å². The van der Waals surface area contributed by atoms with Crippen LogP contribution in [0.5, 0.6) is 0 Å². The molecule has 5 nitrogen and oxygen atoms in total. The van der Waals surface area contributed by atoms with Gasteiger partial charge in [-0.1, -0.05) is 28.1 Å². The molecule has 0 aliphatic rings. The Labute approximate surface area is 140 Å². The lowest BCUT2D eigenvalue weighted by Gasteiger charge is -2.05. The number of aromatic nitrogens is 2. The van der Waals surface area contributed by atoms with Gasteiger partial charge in [0.15, 0.2) is 0 Å². The molecule has 0 atom stereocenters. The van der Waals surface area contributed by atoms with Gasteiger partial charge in [-0.2, -0.15) is 10.4 Å². The third-order valence-electron chi connectivity index (χ3n) is 2.97. The standard InChI is InChI=1S/C15H13BrF2N4O/c16-11-4-1-3-10(7-11)14-12(15(23)20-8-13(17)18)9-22(21-14)6-2-5-19/h1,3-4,7,9,13H,2,6,8H2,(H,20,23). The molecule has 1 aromatic carbocycles. The highest BCUT2D eigenvalue weighted by molar-refractivity contribution is 9.10. The summed E-state index contributed by atoms with van der Waals surface area (Å²) in [5.74, 6) is -0.622. The van der Waals surface area contributed by atoms with Crippen molar-refractivity contribution >= 4 is 21.8 Å². The average molecular weight is 383 g/mol. The van der Waals surface area contributed by atoms with E-state index in [0.29, 0.717) is 17.8 Å². The number of alkyl halides is 2. The van der Waals surface area contributed by atoms with E-state index in [2.05, 4.69) is 26.3 Å². The van der Waals surface area contributed by atoms with Crippen LogP contribution in [0.25, 0.3) is 11.3 Å². The molecular formula is C15H13BrF2N4O. The van der Waals surface area contributed by atoms with E-state index in [1.54, 1.807) is 18.2 Å².